The molecule has 0 unspecified atom stereocenters. The average molecular weight is 539 g/mol. The molecule has 0 saturated heterocycles. The van der Waals surface area contributed by atoms with Gasteiger partial charge in [0.2, 0.25) is 0 Å². The van der Waals surface area contributed by atoms with Crippen molar-refractivity contribution in [1.82, 2.24) is 4.90 Å². The Labute approximate surface area is 166 Å². The molecule has 2 heteroatoms. The molecule has 0 aliphatic carbocycles. The quantitative estimate of drug-likeness (QED) is 0.451. The van der Waals surface area contributed by atoms with E-state index in [-0.39, 0.29) is 0 Å². The summed E-state index contributed by atoms with van der Waals surface area (Å²) in [5.41, 5.74) is 5.72. The van der Waals surface area contributed by atoms with E-state index in [4.69, 9.17) is 0 Å². The van der Waals surface area contributed by atoms with Gasteiger partial charge in [-0.3, -0.25) is 0 Å². The Morgan fingerprint density at radius 1 is 0.692 bits per heavy atom. The normalized spacial score (nSPS) is 11.3. The molecule has 0 spiro atoms. The minimum absolute atomic E-state index is 1.00. The molecule has 0 amide bonds. The molecule has 0 fully saturated rings. The molecule has 0 aliphatic rings. The van der Waals surface area contributed by atoms with E-state index in [1.54, 1.807) is 9.81 Å². The number of nitrogens with zero attached hydrogens (tertiary/aromatic N) is 1. The summed E-state index contributed by atoms with van der Waals surface area (Å²) in [6.07, 6.45) is 0. The topological polar surface area (TPSA) is 3.24 Å². The molecule has 0 atom stereocenters. The molecule has 3 aromatic carbocycles. The van der Waals surface area contributed by atoms with E-state index in [0.29, 0.717) is 0 Å². The van der Waals surface area contributed by atoms with Gasteiger partial charge in [0.1, 0.15) is 0 Å². The first-order valence-corrected chi connectivity index (χ1v) is 14.3. The second kappa shape index (κ2) is 8.46. The first-order chi connectivity index (χ1) is 12.5. The minimum atomic E-state index is -2.37. The van der Waals surface area contributed by atoms with E-state index < -0.39 is 21.8 Å². The molecule has 0 N–H and O–H groups in total. The van der Waals surface area contributed by atoms with Crippen molar-refractivity contribution in [3.63, 3.8) is 0 Å². The predicted molar refractivity (Wildman–Crippen MR) is 116 cm³/mol. The van der Waals surface area contributed by atoms with Crippen LogP contribution in [0.4, 0.5) is 0 Å². The fourth-order valence-electron chi connectivity index (χ4n) is 3.42. The van der Waals surface area contributed by atoms with Crippen molar-refractivity contribution in [2.24, 2.45) is 0 Å². The van der Waals surface area contributed by atoms with Gasteiger partial charge in [-0.1, -0.05) is 0 Å². The predicted octanol–water partition coefficient (Wildman–Crippen LogP) is 3.19. The van der Waals surface area contributed by atoms with Crippen LogP contribution in [0.25, 0.3) is 0 Å². The van der Waals surface area contributed by atoms with Crippen molar-refractivity contribution in [3.05, 3.63) is 89.0 Å². The molecule has 0 heterocycles. The van der Waals surface area contributed by atoms with E-state index in [9.17, 15) is 0 Å². The van der Waals surface area contributed by atoms with Crippen LogP contribution in [-0.2, 0) is 6.54 Å². The Balaban J connectivity index is 2.26. The number of benzene rings is 3. The molecule has 0 aromatic heterocycles. The van der Waals surface area contributed by atoms with E-state index in [1.165, 1.54) is 22.3 Å². The molecule has 3 rings (SSSR count). The van der Waals surface area contributed by atoms with Crippen LogP contribution in [0.2, 0.25) is 0 Å². The molecule has 0 saturated carbocycles. The summed E-state index contributed by atoms with van der Waals surface area (Å²) in [5.74, 6) is 0. The van der Waals surface area contributed by atoms with Crippen molar-refractivity contribution in [3.8, 4) is 0 Å². The molecule has 26 heavy (non-hydrogen) atoms. The van der Waals surface area contributed by atoms with Crippen LogP contribution in [0.1, 0.15) is 22.3 Å². The Morgan fingerprint density at radius 2 is 1.23 bits per heavy atom. The Morgan fingerprint density at radius 3 is 1.73 bits per heavy atom. The van der Waals surface area contributed by atoms with E-state index in [2.05, 4.69) is 106 Å². The van der Waals surface area contributed by atoms with Gasteiger partial charge < -0.3 is 0 Å². The van der Waals surface area contributed by atoms with Crippen molar-refractivity contribution in [2.45, 2.75) is 27.3 Å². The van der Waals surface area contributed by atoms with Gasteiger partial charge in [0.25, 0.3) is 0 Å². The third kappa shape index (κ3) is 4.25. The van der Waals surface area contributed by atoms with Gasteiger partial charge in [0.15, 0.2) is 0 Å². The maximum absolute atomic E-state index is 2.42. The van der Waals surface area contributed by atoms with Gasteiger partial charge in [-0.15, -0.1) is 0 Å². The zero-order valence-corrected chi connectivity index (χ0v) is 19.9. The summed E-state index contributed by atoms with van der Waals surface area (Å²) in [6.45, 7) is 7.75. The van der Waals surface area contributed by atoms with Crippen LogP contribution >= 0.6 is 0 Å². The first-order valence-electron chi connectivity index (χ1n) is 9.13. The Hall–Kier alpha value is -1.50. The van der Waals surface area contributed by atoms with E-state index in [0.717, 1.165) is 6.54 Å². The van der Waals surface area contributed by atoms with Gasteiger partial charge in [-0.05, 0) is 0 Å². The maximum atomic E-state index is 2.42. The molecule has 0 radical (unpaired) electrons. The number of rotatable bonds is 5. The number of hydrogen-bond acceptors (Lipinski definition) is 1. The molecule has 134 valence electrons. The van der Waals surface area contributed by atoms with Gasteiger partial charge in [-0.25, -0.2) is 0 Å². The second-order valence-electron chi connectivity index (χ2n) is 7.28. The van der Waals surface area contributed by atoms with Crippen molar-refractivity contribution in [1.29, 1.82) is 0 Å². The molecule has 1 nitrogen and oxygen atoms in total. The van der Waals surface area contributed by atoms with Gasteiger partial charge in [0, 0.05) is 0 Å². The third-order valence-electron chi connectivity index (χ3n) is 4.68. The van der Waals surface area contributed by atoms with Crippen LogP contribution in [0.5, 0.6) is 0 Å². The molecular formula is C24H28BiN. The van der Waals surface area contributed by atoms with Crippen LogP contribution in [0, 0.1) is 20.8 Å². The zero-order valence-electron chi connectivity index (χ0n) is 16.5. The molecule has 0 bridgehead atoms. The number of hydrogen-bond donors (Lipinski definition) is 0. The fourth-order valence-corrected chi connectivity index (χ4v) is 14.1. The first kappa shape index (κ1) is 19.3. The van der Waals surface area contributed by atoms with Crippen LogP contribution in [-0.4, -0.2) is 40.7 Å². The van der Waals surface area contributed by atoms with Crippen LogP contribution in [0.3, 0.4) is 0 Å². The summed E-state index contributed by atoms with van der Waals surface area (Å²) in [6, 6.07) is 25.2. The Kier molecular flexibility index (Phi) is 6.27. The van der Waals surface area contributed by atoms with Crippen molar-refractivity contribution >= 4 is 31.6 Å². The van der Waals surface area contributed by atoms with Gasteiger partial charge >= 0.3 is 167 Å². The number of aryl methyl sites for hydroxylation is 3. The summed E-state index contributed by atoms with van der Waals surface area (Å²) in [5, 5.41) is 0. The van der Waals surface area contributed by atoms with E-state index >= 15 is 0 Å². The van der Waals surface area contributed by atoms with Crippen molar-refractivity contribution in [2.75, 3.05) is 14.1 Å². The SMILES string of the molecule is Cc1cc[c]([Bi]([c]2ccccc2C)[c]2ccccc2C)c(CN(C)C)c1. The molecular weight excluding hydrogens is 511 g/mol. The zero-order chi connectivity index (χ0) is 18.7. The summed E-state index contributed by atoms with van der Waals surface area (Å²) >= 11 is -2.37. The summed E-state index contributed by atoms with van der Waals surface area (Å²) in [4.78, 5) is 2.29. The monoisotopic (exact) mass is 539 g/mol. The standard InChI is InChI=1S/C10H14N.2C7H7.Bi/c1-9-5-4-6-10(7-9)8-11(2)3;2*1-7-5-3-2-4-6-7;/h4-5,7H,8H2,1-3H3;2*2-5H,1H3;. The molecule has 3 aromatic rings. The average Bonchev–Trinajstić information content (AvgIpc) is 2.59. The second-order valence-corrected chi connectivity index (χ2v) is 15.5. The van der Waals surface area contributed by atoms with Crippen LogP contribution < -0.4 is 9.81 Å². The summed E-state index contributed by atoms with van der Waals surface area (Å²) < 4.78 is 4.81. The Bertz CT molecular complexity index is 853. The third-order valence-corrected chi connectivity index (χ3v) is 15.9. The van der Waals surface area contributed by atoms with Crippen molar-refractivity contribution < 1.29 is 0 Å². The van der Waals surface area contributed by atoms with Gasteiger partial charge in [0.05, 0.1) is 0 Å². The fraction of sp³-hybridized carbons (Fsp3) is 0.250. The van der Waals surface area contributed by atoms with Crippen LogP contribution in [0.15, 0.2) is 66.7 Å². The summed E-state index contributed by atoms with van der Waals surface area (Å²) in [7, 11) is 4.33. The van der Waals surface area contributed by atoms with E-state index in [1.807, 2.05) is 0 Å². The van der Waals surface area contributed by atoms with Gasteiger partial charge in [-0.2, -0.15) is 0 Å². The molecule has 0 aliphatic heterocycles.